The fourth-order valence-corrected chi connectivity index (χ4v) is 3.52. The number of aromatic nitrogens is 1. The normalized spacial score (nSPS) is 21.9. The Labute approximate surface area is 137 Å². The molecule has 3 rings (SSSR count). The third-order valence-corrected chi connectivity index (χ3v) is 5.22. The molecule has 1 amide bonds. The van der Waals surface area contributed by atoms with Gasteiger partial charge in [-0.05, 0) is 19.1 Å². The van der Waals surface area contributed by atoms with E-state index in [1.54, 1.807) is 13.2 Å². The zero-order valence-electron chi connectivity index (χ0n) is 12.2. The fraction of sp³-hybridized carbons (Fsp3) is 0.267. The number of hydrogen-bond acceptors (Lipinski definition) is 5. The Morgan fingerprint density at radius 1 is 1.45 bits per heavy atom. The molecule has 1 aromatic heterocycles. The molecule has 0 spiro atoms. The summed E-state index contributed by atoms with van der Waals surface area (Å²) in [5.41, 5.74) is 6.12. The van der Waals surface area contributed by atoms with Gasteiger partial charge in [0.15, 0.2) is 5.96 Å². The molecule has 114 valence electrons. The topological polar surface area (TPSA) is 71.6 Å². The van der Waals surface area contributed by atoms with Gasteiger partial charge in [0.1, 0.15) is 10.5 Å². The van der Waals surface area contributed by atoms with Crippen LogP contribution in [0.5, 0.6) is 0 Å². The van der Waals surface area contributed by atoms with Gasteiger partial charge >= 0.3 is 0 Å². The van der Waals surface area contributed by atoms with Crippen LogP contribution in [0.4, 0.5) is 0 Å². The van der Waals surface area contributed by atoms with E-state index in [0.29, 0.717) is 5.02 Å². The lowest BCUT2D eigenvalue weighted by molar-refractivity contribution is -0.128. The first kappa shape index (κ1) is 15.0. The van der Waals surface area contributed by atoms with Crippen LogP contribution >= 0.6 is 22.9 Å². The number of carbonyl (C=O) groups excluding carboxylic acids is 1. The maximum atomic E-state index is 12.0. The molecule has 0 saturated carbocycles. The van der Waals surface area contributed by atoms with Gasteiger partial charge in [-0.15, -0.1) is 11.3 Å². The Morgan fingerprint density at radius 3 is 2.91 bits per heavy atom. The molecule has 7 heteroatoms. The number of hydrogen-bond donors (Lipinski definition) is 1. The van der Waals surface area contributed by atoms with E-state index in [1.165, 1.54) is 16.2 Å². The number of aliphatic imine (C=N–C) groups is 1. The van der Waals surface area contributed by atoms with Gasteiger partial charge in [-0.3, -0.25) is 9.69 Å². The molecule has 1 aliphatic rings. The maximum Gasteiger partial charge on any atom is 0.231 e. The van der Waals surface area contributed by atoms with Crippen molar-refractivity contribution >= 4 is 34.8 Å². The minimum atomic E-state index is -0.665. The van der Waals surface area contributed by atoms with Crippen LogP contribution in [0.15, 0.2) is 35.5 Å². The third-order valence-electron chi connectivity index (χ3n) is 3.68. The highest BCUT2D eigenvalue weighted by molar-refractivity contribution is 7.15. The molecule has 22 heavy (non-hydrogen) atoms. The summed E-state index contributed by atoms with van der Waals surface area (Å²) < 4.78 is 0. The Balaban J connectivity index is 1.99. The Morgan fingerprint density at radius 2 is 2.23 bits per heavy atom. The molecule has 1 atom stereocenters. The van der Waals surface area contributed by atoms with E-state index in [1.807, 2.05) is 31.2 Å². The van der Waals surface area contributed by atoms with Crippen molar-refractivity contribution in [2.75, 3.05) is 7.05 Å². The zero-order chi connectivity index (χ0) is 15.9. The molecule has 0 radical (unpaired) electrons. The number of thiazole rings is 1. The lowest BCUT2D eigenvalue weighted by atomic mass is 9.95. The molecular formula is C15H15ClN4OS. The summed E-state index contributed by atoms with van der Waals surface area (Å²) in [4.78, 5) is 23.3. The van der Waals surface area contributed by atoms with Gasteiger partial charge in [-0.25, -0.2) is 9.98 Å². The SMILES string of the molecule is CN1C(=O)C[C@@](C)(c2cnc(-c3cccc(Cl)c3)s2)N=C1N. The summed E-state index contributed by atoms with van der Waals surface area (Å²) in [6, 6.07) is 7.52. The van der Waals surface area contributed by atoms with E-state index in [0.717, 1.165) is 15.4 Å². The van der Waals surface area contributed by atoms with Gasteiger partial charge in [-0.1, -0.05) is 23.7 Å². The van der Waals surface area contributed by atoms with Gasteiger partial charge in [-0.2, -0.15) is 0 Å². The molecular weight excluding hydrogens is 320 g/mol. The van der Waals surface area contributed by atoms with Crippen molar-refractivity contribution < 1.29 is 4.79 Å². The van der Waals surface area contributed by atoms with Crippen LogP contribution < -0.4 is 5.73 Å². The highest BCUT2D eigenvalue weighted by Crippen LogP contribution is 2.38. The zero-order valence-corrected chi connectivity index (χ0v) is 13.8. The van der Waals surface area contributed by atoms with E-state index in [-0.39, 0.29) is 18.3 Å². The molecule has 5 nitrogen and oxygen atoms in total. The quantitative estimate of drug-likeness (QED) is 0.917. The van der Waals surface area contributed by atoms with E-state index in [4.69, 9.17) is 17.3 Å². The minimum absolute atomic E-state index is 0.0484. The second-order valence-electron chi connectivity index (χ2n) is 5.41. The molecule has 0 aliphatic carbocycles. The van der Waals surface area contributed by atoms with Crippen molar-refractivity contribution in [3.8, 4) is 10.6 Å². The second kappa shape index (κ2) is 5.37. The minimum Gasteiger partial charge on any atom is -0.369 e. The first-order valence-electron chi connectivity index (χ1n) is 6.73. The standard InChI is InChI=1S/C15H15ClN4OS/c1-15(7-12(21)20(2)14(17)19-15)11-8-18-13(22-11)9-4-3-5-10(16)6-9/h3-6,8H,7H2,1-2H3,(H2,17,19)/t15-/m0/s1. The summed E-state index contributed by atoms with van der Waals surface area (Å²) in [5.74, 6) is 0.184. The predicted molar refractivity (Wildman–Crippen MR) is 88.9 cm³/mol. The number of benzene rings is 1. The van der Waals surface area contributed by atoms with Crippen LogP contribution in [0.1, 0.15) is 18.2 Å². The van der Waals surface area contributed by atoms with Crippen molar-refractivity contribution in [2.45, 2.75) is 18.9 Å². The van der Waals surface area contributed by atoms with Gasteiger partial charge in [0, 0.05) is 23.8 Å². The Bertz CT molecular complexity index is 772. The van der Waals surface area contributed by atoms with Gasteiger partial charge < -0.3 is 5.73 Å². The van der Waals surface area contributed by atoms with Gasteiger partial charge in [0.25, 0.3) is 0 Å². The average Bonchev–Trinajstić information content (AvgIpc) is 2.95. The largest absolute Gasteiger partial charge is 0.369 e. The van der Waals surface area contributed by atoms with Crippen molar-refractivity contribution in [1.82, 2.24) is 9.88 Å². The van der Waals surface area contributed by atoms with Gasteiger partial charge in [0.2, 0.25) is 5.91 Å². The molecule has 0 fully saturated rings. The summed E-state index contributed by atoms with van der Waals surface area (Å²) in [5, 5.41) is 1.51. The molecule has 0 unspecified atom stereocenters. The third kappa shape index (κ3) is 2.60. The van der Waals surface area contributed by atoms with Crippen LogP contribution in [-0.4, -0.2) is 28.8 Å². The van der Waals surface area contributed by atoms with Crippen LogP contribution in [0.25, 0.3) is 10.6 Å². The number of nitrogens with two attached hydrogens (primary N) is 1. The van der Waals surface area contributed by atoms with E-state index in [9.17, 15) is 4.79 Å². The maximum absolute atomic E-state index is 12.0. The first-order valence-corrected chi connectivity index (χ1v) is 7.93. The number of carbonyl (C=O) groups is 1. The number of nitrogens with zero attached hydrogens (tertiary/aromatic N) is 3. The Kier molecular flexibility index (Phi) is 3.66. The lowest BCUT2D eigenvalue weighted by Gasteiger charge is -2.32. The smallest absolute Gasteiger partial charge is 0.231 e. The predicted octanol–water partition coefficient (Wildman–Crippen LogP) is 2.86. The second-order valence-corrected chi connectivity index (χ2v) is 6.88. The van der Waals surface area contributed by atoms with Crippen molar-refractivity contribution in [3.63, 3.8) is 0 Å². The van der Waals surface area contributed by atoms with Crippen LogP contribution in [0.3, 0.4) is 0 Å². The first-order chi connectivity index (χ1) is 10.4. The lowest BCUT2D eigenvalue weighted by Crippen LogP contribution is -2.47. The molecule has 2 N–H and O–H groups in total. The molecule has 0 bridgehead atoms. The fourth-order valence-electron chi connectivity index (χ4n) is 2.33. The van der Waals surface area contributed by atoms with Crippen molar-refractivity contribution in [3.05, 3.63) is 40.4 Å². The van der Waals surface area contributed by atoms with Crippen LogP contribution in [0, 0.1) is 0 Å². The monoisotopic (exact) mass is 334 g/mol. The van der Waals surface area contributed by atoms with Crippen molar-refractivity contribution in [1.29, 1.82) is 0 Å². The average molecular weight is 335 g/mol. The molecule has 2 heterocycles. The number of rotatable bonds is 2. The molecule has 1 aliphatic heterocycles. The van der Waals surface area contributed by atoms with E-state index >= 15 is 0 Å². The molecule has 1 aromatic carbocycles. The summed E-state index contributed by atoms with van der Waals surface area (Å²) >= 11 is 7.52. The molecule has 2 aromatic rings. The van der Waals surface area contributed by atoms with Gasteiger partial charge in [0.05, 0.1) is 11.3 Å². The highest BCUT2D eigenvalue weighted by Gasteiger charge is 2.37. The Hall–Kier alpha value is -1.92. The summed E-state index contributed by atoms with van der Waals surface area (Å²) in [7, 11) is 1.63. The number of amides is 1. The molecule has 0 saturated heterocycles. The van der Waals surface area contributed by atoms with Crippen LogP contribution in [0.2, 0.25) is 5.02 Å². The highest BCUT2D eigenvalue weighted by atomic mass is 35.5. The summed E-state index contributed by atoms with van der Waals surface area (Å²) in [6.45, 7) is 1.90. The van der Waals surface area contributed by atoms with Crippen LogP contribution in [-0.2, 0) is 10.3 Å². The van der Waals surface area contributed by atoms with Crippen molar-refractivity contribution in [2.24, 2.45) is 10.7 Å². The number of guanidine groups is 1. The van der Waals surface area contributed by atoms with E-state index in [2.05, 4.69) is 9.98 Å². The summed E-state index contributed by atoms with van der Waals surface area (Å²) in [6.07, 6.45) is 2.04. The van der Waals surface area contributed by atoms with E-state index < -0.39 is 5.54 Å². The number of halogens is 1.